The number of hydrogen-bond donors (Lipinski definition) is 2. The Morgan fingerprint density at radius 3 is 2.70 bits per heavy atom. The summed E-state index contributed by atoms with van der Waals surface area (Å²) in [6.07, 6.45) is 0.394. The highest BCUT2D eigenvalue weighted by Gasteiger charge is 2.19. The maximum absolute atomic E-state index is 11.9. The molecule has 0 saturated carbocycles. The van der Waals surface area contributed by atoms with Crippen molar-refractivity contribution in [3.8, 4) is 0 Å². The second kappa shape index (κ2) is 8.01. The SMILES string of the molecule is COCCC(NC(=O)Cc1ccc(C)c(Br)c1)C(=O)O. The smallest absolute Gasteiger partial charge is 0.326 e. The number of ether oxygens (including phenoxy) is 1. The molecule has 0 aliphatic heterocycles. The van der Waals surface area contributed by atoms with Gasteiger partial charge in [0.25, 0.3) is 0 Å². The van der Waals surface area contributed by atoms with E-state index in [-0.39, 0.29) is 25.4 Å². The highest BCUT2D eigenvalue weighted by atomic mass is 79.9. The summed E-state index contributed by atoms with van der Waals surface area (Å²) < 4.78 is 5.76. The monoisotopic (exact) mass is 343 g/mol. The van der Waals surface area contributed by atoms with Gasteiger partial charge in [-0.15, -0.1) is 0 Å². The van der Waals surface area contributed by atoms with E-state index in [4.69, 9.17) is 9.84 Å². The van der Waals surface area contributed by atoms with Crippen LogP contribution in [0.25, 0.3) is 0 Å². The molecule has 2 N–H and O–H groups in total. The van der Waals surface area contributed by atoms with Gasteiger partial charge in [-0.3, -0.25) is 4.79 Å². The molecular weight excluding hydrogens is 326 g/mol. The van der Waals surface area contributed by atoms with Crippen molar-refractivity contribution in [1.29, 1.82) is 0 Å². The molecule has 1 amide bonds. The molecule has 0 heterocycles. The molecule has 0 fully saturated rings. The van der Waals surface area contributed by atoms with Crippen LogP contribution in [0.1, 0.15) is 17.5 Å². The Morgan fingerprint density at radius 2 is 2.15 bits per heavy atom. The van der Waals surface area contributed by atoms with Gasteiger partial charge in [0.2, 0.25) is 5.91 Å². The number of aliphatic carboxylic acids is 1. The van der Waals surface area contributed by atoms with Gasteiger partial charge in [-0.2, -0.15) is 0 Å². The fourth-order valence-electron chi connectivity index (χ4n) is 1.67. The van der Waals surface area contributed by atoms with E-state index in [2.05, 4.69) is 21.2 Å². The van der Waals surface area contributed by atoms with E-state index in [0.29, 0.717) is 0 Å². The first kappa shape index (κ1) is 16.7. The summed E-state index contributed by atoms with van der Waals surface area (Å²) >= 11 is 3.40. The molecule has 0 spiro atoms. The zero-order valence-corrected chi connectivity index (χ0v) is 13.1. The van der Waals surface area contributed by atoms with Gasteiger partial charge in [0.15, 0.2) is 0 Å². The predicted molar refractivity (Wildman–Crippen MR) is 78.6 cm³/mol. The zero-order valence-electron chi connectivity index (χ0n) is 11.5. The van der Waals surface area contributed by atoms with Gasteiger partial charge >= 0.3 is 5.97 Å². The van der Waals surface area contributed by atoms with E-state index in [9.17, 15) is 9.59 Å². The summed E-state index contributed by atoms with van der Waals surface area (Å²) in [5.41, 5.74) is 1.91. The summed E-state index contributed by atoms with van der Waals surface area (Å²) in [5, 5.41) is 11.5. The highest BCUT2D eigenvalue weighted by Crippen LogP contribution is 2.17. The van der Waals surface area contributed by atoms with E-state index < -0.39 is 12.0 Å². The quantitative estimate of drug-likeness (QED) is 0.792. The third kappa shape index (κ3) is 5.30. The number of aryl methyl sites for hydroxylation is 1. The lowest BCUT2D eigenvalue weighted by molar-refractivity contribution is -0.142. The average Bonchev–Trinajstić information content (AvgIpc) is 2.38. The number of methoxy groups -OCH3 is 1. The van der Waals surface area contributed by atoms with Crippen molar-refractivity contribution in [2.24, 2.45) is 0 Å². The van der Waals surface area contributed by atoms with Crippen molar-refractivity contribution in [3.63, 3.8) is 0 Å². The number of amides is 1. The third-order valence-corrected chi connectivity index (χ3v) is 3.70. The lowest BCUT2D eigenvalue weighted by atomic mass is 10.1. The lowest BCUT2D eigenvalue weighted by Crippen LogP contribution is -2.42. The van der Waals surface area contributed by atoms with Gasteiger partial charge in [-0.05, 0) is 24.1 Å². The largest absolute Gasteiger partial charge is 0.480 e. The van der Waals surface area contributed by atoms with Crippen molar-refractivity contribution in [3.05, 3.63) is 33.8 Å². The summed E-state index contributed by atoms with van der Waals surface area (Å²) in [6.45, 7) is 2.24. The van der Waals surface area contributed by atoms with E-state index in [1.807, 2.05) is 25.1 Å². The van der Waals surface area contributed by atoms with E-state index in [1.54, 1.807) is 0 Å². The van der Waals surface area contributed by atoms with Crippen molar-refractivity contribution in [2.75, 3.05) is 13.7 Å². The average molecular weight is 344 g/mol. The standard InChI is InChI=1S/C14H18BrNO4/c1-9-3-4-10(7-11(9)15)8-13(17)16-12(14(18)19)5-6-20-2/h3-4,7,12H,5-6,8H2,1-2H3,(H,16,17)(H,18,19). The number of nitrogens with one attached hydrogen (secondary N) is 1. The Labute approximate surface area is 126 Å². The molecule has 0 bridgehead atoms. The van der Waals surface area contributed by atoms with Crippen molar-refractivity contribution >= 4 is 27.8 Å². The maximum atomic E-state index is 11.9. The van der Waals surface area contributed by atoms with E-state index in [0.717, 1.165) is 15.6 Å². The molecule has 20 heavy (non-hydrogen) atoms. The number of carbonyl (C=O) groups excluding carboxylic acids is 1. The second-order valence-corrected chi connectivity index (χ2v) is 5.35. The number of carboxylic acids is 1. The molecule has 0 aliphatic rings. The van der Waals surface area contributed by atoms with E-state index in [1.165, 1.54) is 7.11 Å². The van der Waals surface area contributed by atoms with E-state index >= 15 is 0 Å². The molecule has 0 saturated heterocycles. The predicted octanol–water partition coefficient (Wildman–Crippen LogP) is 1.91. The molecule has 1 unspecified atom stereocenters. The van der Waals surface area contributed by atoms with Gasteiger partial charge in [0.1, 0.15) is 6.04 Å². The van der Waals surface area contributed by atoms with Crippen molar-refractivity contribution in [2.45, 2.75) is 25.8 Å². The summed E-state index contributed by atoms with van der Waals surface area (Å²) in [7, 11) is 1.49. The van der Waals surface area contributed by atoms with Crippen LogP contribution in [0.5, 0.6) is 0 Å². The molecular formula is C14H18BrNO4. The van der Waals surface area contributed by atoms with Crippen LogP contribution in [-0.4, -0.2) is 36.7 Å². The number of halogens is 1. The first-order valence-electron chi connectivity index (χ1n) is 6.20. The van der Waals surface area contributed by atoms with Crippen LogP contribution in [-0.2, 0) is 20.7 Å². The fourth-order valence-corrected chi connectivity index (χ4v) is 2.10. The summed E-state index contributed by atoms with van der Waals surface area (Å²) in [5.74, 6) is -1.37. The van der Waals surface area contributed by atoms with Crippen LogP contribution in [0.4, 0.5) is 0 Å². The molecule has 0 radical (unpaired) electrons. The maximum Gasteiger partial charge on any atom is 0.326 e. The molecule has 5 nitrogen and oxygen atoms in total. The molecule has 110 valence electrons. The molecule has 6 heteroatoms. The number of rotatable bonds is 7. The summed E-state index contributed by atoms with van der Waals surface area (Å²) in [4.78, 5) is 22.9. The third-order valence-electron chi connectivity index (χ3n) is 2.84. The van der Waals surface area contributed by atoms with Crippen molar-refractivity contribution < 1.29 is 19.4 Å². The molecule has 1 rings (SSSR count). The van der Waals surface area contributed by atoms with Crippen LogP contribution in [0.15, 0.2) is 22.7 Å². The van der Waals surface area contributed by atoms with Crippen LogP contribution in [0, 0.1) is 6.92 Å². The highest BCUT2D eigenvalue weighted by molar-refractivity contribution is 9.10. The van der Waals surface area contributed by atoms with Gasteiger partial charge in [0.05, 0.1) is 6.42 Å². The van der Waals surface area contributed by atoms with Gasteiger partial charge < -0.3 is 15.2 Å². The Kier molecular flexibility index (Phi) is 6.67. The number of hydrogen-bond acceptors (Lipinski definition) is 3. The Balaban J connectivity index is 2.60. The van der Waals surface area contributed by atoms with Crippen LogP contribution in [0.3, 0.4) is 0 Å². The number of benzene rings is 1. The van der Waals surface area contributed by atoms with Crippen LogP contribution < -0.4 is 5.32 Å². The van der Waals surface area contributed by atoms with Crippen LogP contribution in [0.2, 0.25) is 0 Å². The van der Waals surface area contributed by atoms with Crippen molar-refractivity contribution in [1.82, 2.24) is 5.32 Å². The Hall–Kier alpha value is -1.40. The van der Waals surface area contributed by atoms with Gasteiger partial charge in [0, 0.05) is 24.6 Å². The first-order valence-corrected chi connectivity index (χ1v) is 6.99. The molecule has 1 atom stereocenters. The minimum atomic E-state index is -1.06. The first-order chi connectivity index (χ1) is 9.43. The normalized spacial score (nSPS) is 11.9. The fraction of sp³-hybridized carbons (Fsp3) is 0.429. The summed E-state index contributed by atoms with van der Waals surface area (Å²) in [6, 6.07) is 4.70. The second-order valence-electron chi connectivity index (χ2n) is 4.50. The Morgan fingerprint density at radius 1 is 1.45 bits per heavy atom. The zero-order chi connectivity index (χ0) is 15.1. The number of carboxylic acid groups (broad SMARTS) is 1. The lowest BCUT2D eigenvalue weighted by Gasteiger charge is -2.14. The molecule has 1 aromatic rings. The molecule has 1 aromatic carbocycles. The van der Waals surface area contributed by atoms with Crippen LogP contribution >= 0.6 is 15.9 Å². The Bertz CT molecular complexity index is 490. The topological polar surface area (TPSA) is 75.6 Å². The van der Waals surface area contributed by atoms with Gasteiger partial charge in [-0.1, -0.05) is 28.1 Å². The minimum absolute atomic E-state index is 0.148. The number of carbonyl (C=O) groups is 2. The molecule has 0 aliphatic carbocycles. The molecule has 0 aromatic heterocycles. The minimum Gasteiger partial charge on any atom is -0.480 e. The van der Waals surface area contributed by atoms with Gasteiger partial charge in [-0.25, -0.2) is 4.79 Å².